The quantitative estimate of drug-likeness (QED) is 0.246. The maximum Gasteiger partial charge on any atom is 0.132 e. The Morgan fingerprint density at radius 3 is 1.76 bits per heavy atom. The van der Waals surface area contributed by atoms with E-state index in [1.54, 1.807) is 0 Å². The van der Waals surface area contributed by atoms with Crippen molar-refractivity contribution in [3.8, 4) is 0 Å². The molecule has 41 heavy (non-hydrogen) atoms. The zero-order valence-corrected chi connectivity index (χ0v) is 22.4. The molecule has 0 aromatic heterocycles. The summed E-state index contributed by atoms with van der Waals surface area (Å²) in [5.41, 5.74) is 11.5. The van der Waals surface area contributed by atoms with Crippen molar-refractivity contribution in [3.63, 3.8) is 0 Å². The average molecular weight is 529 g/mol. The molecule has 0 amide bonds. The molecule has 1 atom stereocenters. The summed E-state index contributed by atoms with van der Waals surface area (Å²) in [5.74, 6) is 0. The molecule has 0 spiro atoms. The van der Waals surface area contributed by atoms with Crippen LogP contribution in [0.25, 0.3) is 0 Å². The van der Waals surface area contributed by atoms with Crippen LogP contribution < -0.4 is 20.0 Å². The van der Waals surface area contributed by atoms with Crippen LogP contribution in [0.2, 0.25) is 0 Å². The molecule has 4 heteroatoms. The number of para-hydroxylation sites is 7. The maximum atomic E-state index is 3.81. The Morgan fingerprint density at radius 1 is 0.463 bits per heavy atom. The van der Waals surface area contributed by atoms with Gasteiger partial charge in [-0.3, -0.25) is 0 Å². The van der Waals surface area contributed by atoms with Gasteiger partial charge in [0.05, 0.1) is 28.4 Å². The summed E-state index contributed by atoms with van der Waals surface area (Å²) in [6, 6.07) is 56.1. The Labute approximate surface area is 240 Å². The molecule has 196 valence electrons. The van der Waals surface area contributed by atoms with E-state index >= 15 is 0 Å². The standard InChI is InChI=1S/C37H28N4/c1-3-14-27(15-4-1)39(28-16-5-2-6-17-28)29-18-13-19-30(26-29)40-33-22-9-7-20-31(33)37-38-32-21-8-10-23-34(32)41(37)36-25-12-11-24-35(36)40/h1-26,37-38H. The number of nitrogens with one attached hydrogen (secondary N) is 1. The van der Waals surface area contributed by atoms with E-state index in [1.807, 2.05) is 0 Å². The van der Waals surface area contributed by atoms with E-state index in [1.165, 1.54) is 16.9 Å². The van der Waals surface area contributed by atoms with Crippen LogP contribution in [0.15, 0.2) is 158 Å². The van der Waals surface area contributed by atoms with Gasteiger partial charge in [-0.05, 0) is 72.8 Å². The van der Waals surface area contributed by atoms with Crippen LogP contribution in [0, 0.1) is 0 Å². The first-order chi connectivity index (χ1) is 20.4. The van der Waals surface area contributed by atoms with Gasteiger partial charge in [-0.15, -0.1) is 0 Å². The van der Waals surface area contributed by atoms with Gasteiger partial charge in [0, 0.05) is 28.3 Å². The molecule has 2 aliphatic heterocycles. The molecule has 8 rings (SSSR count). The number of benzene rings is 6. The maximum absolute atomic E-state index is 3.81. The highest BCUT2D eigenvalue weighted by molar-refractivity contribution is 5.96. The summed E-state index contributed by atoms with van der Waals surface area (Å²) in [7, 11) is 0. The van der Waals surface area contributed by atoms with Crippen molar-refractivity contribution >= 4 is 51.2 Å². The summed E-state index contributed by atoms with van der Waals surface area (Å²) in [6.07, 6.45) is -0.0110. The van der Waals surface area contributed by atoms with Gasteiger partial charge in [-0.25, -0.2) is 0 Å². The molecular formula is C37H28N4. The van der Waals surface area contributed by atoms with E-state index in [0.717, 1.165) is 39.8 Å². The van der Waals surface area contributed by atoms with E-state index < -0.39 is 0 Å². The van der Waals surface area contributed by atoms with Gasteiger partial charge >= 0.3 is 0 Å². The van der Waals surface area contributed by atoms with E-state index in [-0.39, 0.29) is 6.17 Å². The number of rotatable bonds is 4. The third-order valence-electron chi connectivity index (χ3n) is 7.94. The van der Waals surface area contributed by atoms with E-state index in [2.05, 4.69) is 178 Å². The van der Waals surface area contributed by atoms with Crippen molar-refractivity contribution < 1.29 is 0 Å². The molecule has 0 saturated heterocycles. The minimum Gasteiger partial charge on any atom is -0.359 e. The fourth-order valence-electron chi connectivity index (χ4n) is 6.20. The van der Waals surface area contributed by atoms with Crippen LogP contribution in [-0.2, 0) is 0 Å². The molecule has 0 aliphatic carbocycles. The number of nitrogens with zero attached hydrogens (tertiary/aromatic N) is 3. The average Bonchev–Trinajstić information content (AvgIpc) is 3.37. The topological polar surface area (TPSA) is 21.8 Å². The van der Waals surface area contributed by atoms with Gasteiger partial charge in [0.2, 0.25) is 0 Å². The van der Waals surface area contributed by atoms with Crippen LogP contribution in [0.1, 0.15) is 11.7 Å². The van der Waals surface area contributed by atoms with Crippen molar-refractivity contribution in [2.75, 3.05) is 20.0 Å². The number of fused-ring (bicyclic) bond motifs is 7. The van der Waals surface area contributed by atoms with Gasteiger partial charge in [0.1, 0.15) is 6.17 Å². The zero-order valence-electron chi connectivity index (χ0n) is 22.4. The summed E-state index contributed by atoms with van der Waals surface area (Å²) in [6.45, 7) is 0. The van der Waals surface area contributed by atoms with Crippen molar-refractivity contribution in [2.24, 2.45) is 0 Å². The second-order valence-corrected chi connectivity index (χ2v) is 10.3. The lowest BCUT2D eigenvalue weighted by Crippen LogP contribution is -2.22. The third-order valence-corrected chi connectivity index (χ3v) is 7.94. The largest absolute Gasteiger partial charge is 0.359 e. The normalized spacial score (nSPS) is 14.7. The molecule has 6 aromatic rings. The van der Waals surface area contributed by atoms with Crippen molar-refractivity contribution in [3.05, 3.63) is 163 Å². The lowest BCUT2D eigenvalue weighted by molar-refractivity contribution is 0.837. The van der Waals surface area contributed by atoms with Gasteiger partial charge < -0.3 is 20.0 Å². The fourth-order valence-corrected chi connectivity index (χ4v) is 6.20. The van der Waals surface area contributed by atoms with Crippen molar-refractivity contribution in [1.82, 2.24) is 0 Å². The van der Waals surface area contributed by atoms with Crippen LogP contribution in [-0.4, -0.2) is 0 Å². The molecule has 2 heterocycles. The summed E-state index contributed by atoms with van der Waals surface area (Å²) in [4.78, 5) is 7.16. The van der Waals surface area contributed by atoms with Gasteiger partial charge in [-0.1, -0.05) is 84.9 Å². The summed E-state index contributed by atoms with van der Waals surface area (Å²) < 4.78 is 0. The molecule has 0 bridgehead atoms. The first kappa shape index (κ1) is 23.4. The lowest BCUT2D eigenvalue weighted by atomic mass is 10.1. The summed E-state index contributed by atoms with van der Waals surface area (Å²) in [5, 5.41) is 3.81. The predicted octanol–water partition coefficient (Wildman–Crippen LogP) is 10.2. The van der Waals surface area contributed by atoms with Crippen molar-refractivity contribution in [2.45, 2.75) is 6.17 Å². The van der Waals surface area contributed by atoms with Crippen molar-refractivity contribution in [1.29, 1.82) is 0 Å². The first-order valence-electron chi connectivity index (χ1n) is 14.0. The van der Waals surface area contributed by atoms with Gasteiger partial charge in [0.25, 0.3) is 0 Å². The molecule has 1 unspecified atom stereocenters. The highest BCUT2D eigenvalue weighted by Crippen LogP contribution is 2.55. The van der Waals surface area contributed by atoms with E-state index in [4.69, 9.17) is 0 Å². The van der Waals surface area contributed by atoms with E-state index in [9.17, 15) is 0 Å². The Kier molecular flexibility index (Phi) is 5.49. The number of anilines is 9. The zero-order chi connectivity index (χ0) is 27.2. The minimum atomic E-state index is -0.0110. The Hall–Kier alpha value is -5.48. The minimum absolute atomic E-state index is 0.0110. The highest BCUT2D eigenvalue weighted by Gasteiger charge is 2.38. The van der Waals surface area contributed by atoms with Crippen LogP contribution in [0.5, 0.6) is 0 Å². The molecule has 1 N–H and O–H groups in total. The second kappa shape index (κ2) is 9.61. The van der Waals surface area contributed by atoms with Gasteiger partial charge in [-0.2, -0.15) is 0 Å². The highest BCUT2D eigenvalue weighted by atomic mass is 15.4. The molecule has 0 saturated carbocycles. The number of hydrogen-bond acceptors (Lipinski definition) is 4. The third kappa shape index (κ3) is 3.84. The second-order valence-electron chi connectivity index (χ2n) is 10.3. The Morgan fingerprint density at radius 2 is 1.02 bits per heavy atom. The molecular weight excluding hydrogens is 500 g/mol. The first-order valence-corrected chi connectivity index (χ1v) is 14.0. The van der Waals surface area contributed by atoms with Crippen LogP contribution >= 0.6 is 0 Å². The summed E-state index contributed by atoms with van der Waals surface area (Å²) >= 11 is 0. The SMILES string of the molecule is c1ccc(N(c2ccccc2)c2cccc(N3c4ccccc4C4Nc5ccccc5N4c4ccccc43)c2)cc1. The van der Waals surface area contributed by atoms with Crippen LogP contribution in [0.4, 0.5) is 51.2 Å². The van der Waals surface area contributed by atoms with E-state index in [0.29, 0.717) is 0 Å². The van der Waals surface area contributed by atoms with Crippen LogP contribution in [0.3, 0.4) is 0 Å². The molecule has 0 radical (unpaired) electrons. The molecule has 6 aromatic carbocycles. The predicted molar refractivity (Wildman–Crippen MR) is 171 cm³/mol. The van der Waals surface area contributed by atoms with Gasteiger partial charge in [0.15, 0.2) is 0 Å². The molecule has 2 aliphatic rings. The molecule has 4 nitrogen and oxygen atoms in total. The smallest absolute Gasteiger partial charge is 0.132 e. The molecule has 0 fully saturated rings. The Bertz CT molecular complexity index is 1810. The lowest BCUT2D eigenvalue weighted by Gasteiger charge is -2.30. The Balaban J connectivity index is 1.34. The number of hydrogen-bond donors (Lipinski definition) is 1. The monoisotopic (exact) mass is 528 g/mol. The fraction of sp³-hybridized carbons (Fsp3) is 0.0270.